The molecule has 12 heteroatoms. The molecule has 32 heavy (non-hydrogen) atoms. The summed E-state index contributed by atoms with van der Waals surface area (Å²) in [5.41, 5.74) is -0.486. The van der Waals surface area contributed by atoms with Gasteiger partial charge in [0.15, 0.2) is 12.6 Å². The largest absolute Gasteiger partial charge is 1.00 e. The van der Waals surface area contributed by atoms with Gasteiger partial charge in [-0.25, -0.2) is 9.59 Å². The molecule has 0 unspecified atom stereocenters. The van der Waals surface area contributed by atoms with Gasteiger partial charge in [-0.05, 0) is 48.5 Å². The number of carboxylic acid groups (broad SMARTS) is 1. The molecule has 0 aliphatic carbocycles. The number of ether oxygens (including phenoxy) is 7. The predicted molar refractivity (Wildman–Crippen MR) is 111 cm³/mol. The van der Waals surface area contributed by atoms with Crippen LogP contribution in [0.4, 0.5) is 0 Å². The first kappa shape index (κ1) is 38.5. The molecule has 0 saturated heterocycles. The Morgan fingerprint density at radius 1 is 0.750 bits per heavy atom. The van der Waals surface area contributed by atoms with Gasteiger partial charge in [-0.1, -0.05) is 0 Å². The number of carboxylic acids is 1. The van der Waals surface area contributed by atoms with Gasteiger partial charge in [0.05, 0.1) is 13.2 Å². The standard InChI is InChI=1S/C12H24O5.C8H16O5.Li.H2O/c1-6-15-11(16-7-2)9-14-8-10(13)17-12(3,4)5;1-3-12-8(13-4-2)6-11-5-7(9)10;;/h11H,6-9H2,1-5H3;8H,3-6H2,1-2H3,(H,9,10);;1H2/q;;+1;/p-1. The van der Waals surface area contributed by atoms with Crippen LogP contribution < -0.4 is 18.9 Å². The van der Waals surface area contributed by atoms with Gasteiger partial charge in [0.1, 0.15) is 18.8 Å². The molecule has 0 aliphatic heterocycles. The fourth-order valence-corrected chi connectivity index (χ4v) is 1.88. The van der Waals surface area contributed by atoms with Gasteiger partial charge in [-0.3, -0.25) is 0 Å². The van der Waals surface area contributed by atoms with Crippen molar-refractivity contribution in [2.24, 2.45) is 0 Å². The second kappa shape index (κ2) is 24.9. The summed E-state index contributed by atoms with van der Waals surface area (Å²) in [6.07, 6.45) is -0.887. The number of carbonyl (C=O) groups is 2. The summed E-state index contributed by atoms with van der Waals surface area (Å²) in [6, 6.07) is 0. The van der Waals surface area contributed by atoms with E-state index in [9.17, 15) is 9.59 Å². The van der Waals surface area contributed by atoms with E-state index in [0.29, 0.717) is 26.4 Å². The third-order valence-corrected chi connectivity index (χ3v) is 2.78. The molecule has 11 nitrogen and oxygen atoms in total. The fourth-order valence-electron chi connectivity index (χ4n) is 1.88. The van der Waals surface area contributed by atoms with E-state index in [1.54, 1.807) is 0 Å². The molecule has 0 rings (SSSR count). The van der Waals surface area contributed by atoms with Crippen LogP contribution in [0.15, 0.2) is 0 Å². The average molecular weight is 464 g/mol. The van der Waals surface area contributed by atoms with Crippen molar-refractivity contribution in [3.63, 3.8) is 0 Å². The first-order valence-corrected chi connectivity index (χ1v) is 10.1. The second-order valence-electron chi connectivity index (χ2n) is 6.69. The molecule has 0 spiro atoms. The first-order chi connectivity index (χ1) is 14.1. The normalized spacial score (nSPS) is 10.7. The van der Waals surface area contributed by atoms with Gasteiger partial charge in [0.2, 0.25) is 0 Å². The zero-order valence-electron chi connectivity index (χ0n) is 20.9. The molecule has 0 aromatic carbocycles. The third kappa shape index (κ3) is 29.3. The molecule has 0 heterocycles. The number of hydrogen-bond acceptors (Lipinski definition) is 10. The number of rotatable bonds is 16. The van der Waals surface area contributed by atoms with E-state index >= 15 is 0 Å². The van der Waals surface area contributed by atoms with Crippen molar-refractivity contribution >= 4 is 11.9 Å². The van der Waals surface area contributed by atoms with E-state index in [1.807, 2.05) is 48.5 Å². The molecule has 0 aliphatic rings. The number of carbonyl (C=O) groups excluding carboxylic acids is 1. The quantitative estimate of drug-likeness (QED) is 0.171. The third-order valence-electron chi connectivity index (χ3n) is 2.78. The van der Waals surface area contributed by atoms with Crippen molar-refractivity contribution < 1.29 is 72.2 Å². The number of aliphatic carboxylic acids is 1. The number of hydrogen-bond donors (Lipinski definition) is 1. The topological polar surface area (TPSA) is 149 Å². The summed E-state index contributed by atoms with van der Waals surface area (Å²) >= 11 is 0. The van der Waals surface area contributed by atoms with E-state index in [2.05, 4.69) is 0 Å². The predicted octanol–water partition coefficient (Wildman–Crippen LogP) is -0.942. The molecule has 0 fully saturated rings. The Morgan fingerprint density at radius 3 is 1.38 bits per heavy atom. The van der Waals surface area contributed by atoms with Crippen LogP contribution in [0.3, 0.4) is 0 Å². The molecule has 0 bridgehead atoms. The van der Waals surface area contributed by atoms with Gasteiger partial charge < -0.3 is 43.7 Å². The maximum absolute atomic E-state index is 11.3. The second-order valence-corrected chi connectivity index (χ2v) is 6.69. The first-order valence-electron chi connectivity index (χ1n) is 10.1. The Balaban J connectivity index is -0.000000238. The maximum atomic E-state index is 11.3. The van der Waals surface area contributed by atoms with Crippen LogP contribution in [0.2, 0.25) is 0 Å². The zero-order valence-corrected chi connectivity index (χ0v) is 20.9. The van der Waals surface area contributed by atoms with Crippen LogP contribution >= 0.6 is 0 Å². The van der Waals surface area contributed by atoms with Crippen molar-refractivity contribution in [3.05, 3.63) is 0 Å². The summed E-state index contributed by atoms with van der Waals surface area (Å²) in [5.74, 6) is -1.38. The number of esters is 1. The summed E-state index contributed by atoms with van der Waals surface area (Å²) in [5, 5.41) is 8.28. The van der Waals surface area contributed by atoms with Gasteiger partial charge in [-0.2, -0.15) is 0 Å². The maximum Gasteiger partial charge on any atom is 1.00 e. The van der Waals surface area contributed by atoms with Crippen LogP contribution in [0, 0.1) is 0 Å². The average Bonchev–Trinajstić information content (AvgIpc) is 2.61. The van der Waals surface area contributed by atoms with E-state index < -0.39 is 24.2 Å². The fraction of sp³-hybridized carbons (Fsp3) is 0.900. The van der Waals surface area contributed by atoms with Crippen LogP contribution in [-0.2, 0) is 42.7 Å². The van der Waals surface area contributed by atoms with Crippen molar-refractivity contribution in [3.8, 4) is 0 Å². The summed E-state index contributed by atoms with van der Waals surface area (Å²) in [7, 11) is 0. The van der Waals surface area contributed by atoms with Gasteiger partial charge >= 0.3 is 30.8 Å². The molecular weight excluding hydrogens is 423 g/mol. The molecule has 0 amide bonds. The van der Waals surface area contributed by atoms with E-state index in [-0.39, 0.29) is 56.7 Å². The molecule has 0 saturated carbocycles. The van der Waals surface area contributed by atoms with Crippen LogP contribution in [0.1, 0.15) is 48.5 Å². The van der Waals surface area contributed by atoms with Gasteiger partial charge in [0.25, 0.3) is 0 Å². The zero-order chi connectivity index (χ0) is 23.4. The summed E-state index contributed by atoms with van der Waals surface area (Å²) < 4.78 is 35.9. The molecular formula is C20H41LiO11. The molecule has 0 radical (unpaired) electrons. The van der Waals surface area contributed by atoms with Gasteiger partial charge in [-0.15, -0.1) is 0 Å². The van der Waals surface area contributed by atoms with Crippen LogP contribution in [-0.4, -0.2) is 93.6 Å². The smallest absolute Gasteiger partial charge is 0.870 e. The minimum absolute atomic E-state index is 0. The summed E-state index contributed by atoms with van der Waals surface area (Å²) in [6.45, 7) is 14.9. The van der Waals surface area contributed by atoms with E-state index in [4.69, 9.17) is 38.3 Å². The van der Waals surface area contributed by atoms with E-state index in [0.717, 1.165) is 0 Å². The van der Waals surface area contributed by atoms with E-state index in [1.165, 1.54) is 0 Å². The van der Waals surface area contributed by atoms with Gasteiger partial charge in [0, 0.05) is 26.4 Å². The molecule has 188 valence electrons. The molecule has 2 N–H and O–H groups in total. The molecule has 0 atom stereocenters. The van der Waals surface area contributed by atoms with Crippen molar-refractivity contribution in [2.45, 2.75) is 66.6 Å². The van der Waals surface area contributed by atoms with Crippen LogP contribution in [0.5, 0.6) is 0 Å². The Kier molecular flexibility index (Phi) is 30.0. The SMILES string of the molecule is CCOC(COCC(=O)O)OCC.CCOC(COCC(=O)OC(C)(C)C)OCC.[Li+].[OH-]. The monoisotopic (exact) mass is 464 g/mol. The molecule has 0 aromatic rings. The Morgan fingerprint density at radius 2 is 1.09 bits per heavy atom. The Labute approximate surface area is 203 Å². The Bertz CT molecular complexity index is 418. The molecule has 0 aromatic heterocycles. The Hall–Kier alpha value is -0.743. The summed E-state index contributed by atoms with van der Waals surface area (Å²) in [4.78, 5) is 21.4. The minimum atomic E-state index is -0.994. The minimum Gasteiger partial charge on any atom is -0.870 e. The van der Waals surface area contributed by atoms with Crippen LogP contribution in [0.25, 0.3) is 0 Å². The van der Waals surface area contributed by atoms with Crippen molar-refractivity contribution in [1.82, 2.24) is 0 Å². The van der Waals surface area contributed by atoms with Crippen molar-refractivity contribution in [2.75, 3.05) is 52.9 Å². The van der Waals surface area contributed by atoms with Crippen molar-refractivity contribution in [1.29, 1.82) is 0 Å².